The summed E-state index contributed by atoms with van der Waals surface area (Å²) >= 11 is 0. The fraction of sp³-hybridized carbons (Fsp3) is 0.389. The Balaban J connectivity index is 1.61. The third-order valence-corrected chi connectivity index (χ3v) is 4.61. The second-order valence-electron chi connectivity index (χ2n) is 6.63. The maximum Gasteiger partial charge on any atom is 0.416 e. The zero-order valence-corrected chi connectivity index (χ0v) is 15.4. The number of amides is 5. The fourth-order valence-corrected chi connectivity index (χ4v) is 2.94. The van der Waals surface area contributed by atoms with Gasteiger partial charge in [-0.2, -0.15) is 0 Å². The first-order valence-electron chi connectivity index (χ1n) is 8.56. The van der Waals surface area contributed by atoms with Crippen molar-refractivity contribution >= 4 is 29.9 Å². The lowest BCUT2D eigenvalue weighted by atomic mass is 9.91. The fourth-order valence-electron chi connectivity index (χ4n) is 2.94. The molecule has 2 fully saturated rings. The highest BCUT2D eigenvalue weighted by molar-refractivity contribution is 6.09. The number of benzene rings is 1. The van der Waals surface area contributed by atoms with E-state index in [0.717, 1.165) is 15.4 Å². The summed E-state index contributed by atoms with van der Waals surface area (Å²) in [4.78, 5) is 61.6. The quantitative estimate of drug-likeness (QED) is 0.567. The number of rotatable bonds is 5. The van der Waals surface area contributed by atoms with Gasteiger partial charge >= 0.3 is 18.1 Å². The van der Waals surface area contributed by atoms with E-state index in [1.807, 2.05) is 19.1 Å². The van der Waals surface area contributed by atoms with E-state index in [1.54, 1.807) is 19.1 Å². The third-order valence-electron chi connectivity index (χ3n) is 4.61. The Labute approximate surface area is 160 Å². The van der Waals surface area contributed by atoms with Gasteiger partial charge in [0.2, 0.25) is 0 Å². The second kappa shape index (κ2) is 7.29. The average Bonchev–Trinajstić information content (AvgIpc) is 3.17. The molecule has 1 aromatic carbocycles. The topological polar surface area (TPSA) is 122 Å². The Kier molecular flexibility index (Phi) is 5.04. The number of esters is 1. The molecule has 0 radical (unpaired) electrons. The molecule has 10 nitrogen and oxygen atoms in total. The Morgan fingerprint density at radius 3 is 2.50 bits per heavy atom. The van der Waals surface area contributed by atoms with Gasteiger partial charge in [0, 0.05) is 0 Å². The van der Waals surface area contributed by atoms with Crippen LogP contribution in [0.4, 0.5) is 9.59 Å². The number of imide groups is 2. The molecule has 2 aliphatic rings. The van der Waals surface area contributed by atoms with Gasteiger partial charge in [-0.15, -0.1) is 0 Å². The van der Waals surface area contributed by atoms with E-state index in [-0.39, 0.29) is 13.2 Å². The highest BCUT2D eigenvalue weighted by atomic mass is 16.6. The van der Waals surface area contributed by atoms with E-state index < -0.39 is 48.6 Å². The van der Waals surface area contributed by atoms with Gasteiger partial charge in [-0.1, -0.05) is 29.8 Å². The molecular formula is C18H19N3O7. The van der Waals surface area contributed by atoms with Crippen LogP contribution in [0.3, 0.4) is 0 Å². The van der Waals surface area contributed by atoms with Gasteiger partial charge < -0.3 is 14.8 Å². The average molecular weight is 389 g/mol. The number of hydrogen-bond acceptors (Lipinski definition) is 7. The first kappa shape index (κ1) is 19.3. The lowest BCUT2D eigenvalue weighted by Crippen LogP contribution is -2.42. The van der Waals surface area contributed by atoms with Crippen molar-refractivity contribution in [3.63, 3.8) is 0 Å². The zero-order chi connectivity index (χ0) is 20.5. The number of nitrogens with zero attached hydrogens (tertiary/aromatic N) is 2. The van der Waals surface area contributed by atoms with E-state index in [0.29, 0.717) is 5.56 Å². The number of aryl methyl sites for hydroxylation is 1. The van der Waals surface area contributed by atoms with E-state index >= 15 is 0 Å². The lowest BCUT2D eigenvalue weighted by Gasteiger charge is -2.22. The number of carbonyl (C=O) groups excluding carboxylic acids is 5. The smallest absolute Gasteiger partial charge is 0.416 e. The number of carbonyl (C=O) groups is 5. The third kappa shape index (κ3) is 3.53. The van der Waals surface area contributed by atoms with Crippen molar-refractivity contribution in [2.75, 3.05) is 26.3 Å². The van der Waals surface area contributed by atoms with Crippen molar-refractivity contribution in [1.29, 1.82) is 0 Å². The maximum atomic E-state index is 12.7. The Morgan fingerprint density at radius 2 is 1.89 bits per heavy atom. The first-order valence-corrected chi connectivity index (χ1v) is 8.56. The van der Waals surface area contributed by atoms with Crippen molar-refractivity contribution in [2.24, 2.45) is 0 Å². The van der Waals surface area contributed by atoms with Gasteiger partial charge in [-0.25, -0.2) is 14.5 Å². The van der Waals surface area contributed by atoms with Gasteiger partial charge in [0.15, 0.2) is 6.61 Å². The molecule has 0 unspecified atom stereocenters. The molecule has 3 rings (SSSR count). The molecule has 0 saturated carbocycles. The van der Waals surface area contributed by atoms with Crippen molar-refractivity contribution in [3.8, 4) is 0 Å². The van der Waals surface area contributed by atoms with Crippen LogP contribution < -0.4 is 5.32 Å². The van der Waals surface area contributed by atoms with Gasteiger partial charge in [-0.3, -0.25) is 19.3 Å². The molecule has 2 heterocycles. The first-order chi connectivity index (χ1) is 13.2. The summed E-state index contributed by atoms with van der Waals surface area (Å²) in [5, 5.41) is 2.58. The molecule has 1 N–H and O–H groups in total. The predicted octanol–water partition coefficient (Wildman–Crippen LogP) is 0.284. The molecule has 1 atom stereocenters. The summed E-state index contributed by atoms with van der Waals surface area (Å²) in [5.41, 5.74) is 0.270. The molecule has 2 saturated heterocycles. The molecule has 28 heavy (non-hydrogen) atoms. The van der Waals surface area contributed by atoms with Crippen LogP contribution in [0.1, 0.15) is 18.1 Å². The number of nitrogens with one attached hydrogen (secondary N) is 1. The molecule has 10 heteroatoms. The van der Waals surface area contributed by atoms with Crippen LogP contribution in [-0.2, 0) is 29.4 Å². The SMILES string of the molecule is Cc1ccc([C@@]2(C)NC(=O)N(CC(=O)OCC(=O)N3CCOC3=O)C2=O)cc1. The number of urea groups is 1. The number of hydrogen-bond donors (Lipinski definition) is 1. The van der Waals surface area contributed by atoms with Crippen LogP contribution in [0, 0.1) is 6.92 Å². The highest BCUT2D eigenvalue weighted by Crippen LogP contribution is 2.28. The molecule has 0 bridgehead atoms. The summed E-state index contributed by atoms with van der Waals surface area (Å²) in [5.74, 6) is -2.29. The van der Waals surface area contributed by atoms with E-state index in [4.69, 9.17) is 4.74 Å². The van der Waals surface area contributed by atoms with E-state index in [9.17, 15) is 24.0 Å². The van der Waals surface area contributed by atoms with Crippen molar-refractivity contribution in [2.45, 2.75) is 19.4 Å². The lowest BCUT2D eigenvalue weighted by molar-refractivity contribution is -0.152. The number of ether oxygens (including phenoxy) is 2. The predicted molar refractivity (Wildman–Crippen MR) is 92.8 cm³/mol. The van der Waals surface area contributed by atoms with Gasteiger partial charge in [0.25, 0.3) is 11.8 Å². The monoisotopic (exact) mass is 389 g/mol. The summed E-state index contributed by atoms with van der Waals surface area (Å²) in [7, 11) is 0. The molecule has 148 valence electrons. The molecule has 0 aliphatic carbocycles. The van der Waals surface area contributed by atoms with Crippen LogP contribution >= 0.6 is 0 Å². The minimum Gasteiger partial charge on any atom is -0.454 e. The summed E-state index contributed by atoms with van der Waals surface area (Å²) in [6.45, 7) is 2.27. The largest absolute Gasteiger partial charge is 0.454 e. The van der Waals surface area contributed by atoms with Gasteiger partial charge in [-0.05, 0) is 19.4 Å². The highest BCUT2D eigenvalue weighted by Gasteiger charge is 2.49. The summed E-state index contributed by atoms with van der Waals surface area (Å²) in [6.07, 6.45) is -0.802. The van der Waals surface area contributed by atoms with Crippen LogP contribution in [0.5, 0.6) is 0 Å². The van der Waals surface area contributed by atoms with E-state index in [2.05, 4.69) is 10.1 Å². The minimum absolute atomic E-state index is 0.0805. The van der Waals surface area contributed by atoms with Crippen LogP contribution in [0.25, 0.3) is 0 Å². The van der Waals surface area contributed by atoms with Crippen molar-refractivity contribution < 1.29 is 33.4 Å². The molecule has 0 spiro atoms. The number of cyclic esters (lactones) is 1. The van der Waals surface area contributed by atoms with Crippen molar-refractivity contribution in [3.05, 3.63) is 35.4 Å². The molecular weight excluding hydrogens is 370 g/mol. The van der Waals surface area contributed by atoms with Crippen molar-refractivity contribution in [1.82, 2.24) is 15.1 Å². The summed E-state index contributed by atoms with van der Waals surface area (Å²) < 4.78 is 9.42. The molecule has 2 aliphatic heterocycles. The minimum atomic E-state index is -1.31. The standard InChI is InChI=1S/C18H19N3O7/c1-11-3-5-12(6-4-11)18(2)15(24)21(16(25)19-18)9-14(23)28-10-13(22)20-7-8-27-17(20)26/h3-6H,7-10H2,1-2H3,(H,19,25)/t18-/m1/s1. The van der Waals surface area contributed by atoms with Crippen LogP contribution in [-0.4, -0.2) is 66.0 Å². The molecule has 0 aromatic heterocycles. The summed E-state index contributed by atoms with van der Waals surface area (Å²) in [6, 6.07) is 6.34. The van der Waals surface area contributed by atoms with Crippen LogP contribution in [0.15, 0.2) is 24.3 Å². The normalized spacial score (nSPS) is 21.6. The second-order valence-corrected chi connectivity index (χ2v) is 6.63. The Bertz CT molecular complexity index is 851. The van der Waals surface area contributed by atoms with Crippen LogP contribution in [0.2, 0.25) is 0 Å². The Morgan fingerprint density at radius 1 is 1.21 bits per heavy atom. The Hall–Kier alpha value is -3.43. The van der Waals surface area contributed by atoms with Gasteiger partial charge in [0.05, 0.1) is 6.54 Å². The molecule has 5 amide bonds. The maximum absolute atomic E-state index is 12.7. The zero-order valence-electron chi connectivity index (χ0n) is 15.4. The molecule has 1 aromatic rings. The van der Waals surface area contributed by atoms with E-state index in [1.165, 1.54) is 0 Å². The van der Waals surface area contributed by atoms with Gasteiger partial charge in [0.1, 0.15) is 18.7 Å².